The molecule has 0 amide bonds. The molecule has 0 radical (unpaired) electrons. The summed E-state index contributed by atoms with van der Waals surface area (Å²) in [6.45, 7) is 16.3. The number of halogens is 1. The van der Waals surface area contributed by atoms with E-state index in [1.165, 1.54) is 11.1 Å². The smallest absolute Gasteiger partial charge is 0.126 e. The first-order chi connectivity index (χ1) is 8.57. The summed E-state index contributed by atoms with van der Waals surface area (Å²) in [5.41, 5.74) is 2.71. The lowest BCUT2D eigenvalue weighted by molar-refractivity contribution is 0.299. The number of ether oxygens (including phenoxy) is 1. The molecule has 1 aromatic carbocycles. The minimum absolute atomic E-state index is 0.0762. The second-order valence-corrected chi connectivity index (χ2v) is 8.09. The Hall–Kier alpha value is -0.500. The molecule has 1 nitrogen and oxygen atoms in total. The van der Waals surface area contributed by atoms with E-state index in [0.717, 1.165) is 23.2 Å². The van der Waals surface area contributed by atoms with Crippen molar-refractivity contribution >= 4 is 15.9 Å². The van der Waals surface area contributed by atoms with E-state index in [2.05, 4.69) is 76.5 Å². The van der Waals surface area contributed by atoms with Crippen LogP contribution in [0.4, 0.5) is 0 Å². The van der Waals surface area contributed by atoms with Gasteiger partial charge in [0.2, 0.25) is 0 Å². The van der Waals surface area contributed by atoms with Crippen molar-refractivity contribution < 1.29 is 4.74 Å². The third-order valence-corrected chi connectivity index (χ3v) is 3.58. The largest absolute Gasteiger partial charge is 0.493 e. The summed E-state index contributed by atoms with van der Waals surface area (Å²) in [6.07, 6.45) is 1.03. The minimum atomic E-state index is 0.0762. The zero-order valence-corrected chi connectivity index (χ0v) is 14.9. The lowest BCUT2D eigenvalue weighted by Crippen LogP contribution is -2.20. The van der Waals surface area contributed by atoms with Crippen LogP contribution in [0, 0.1) is 0 Å². The van der Waals surface area contributed by atoms with E-state index in [9.17, 15) is 0 Å². The Kier molecular flexibility index (Phi) is 5.11. The Morgan fingerprint density at radius 1 is 0.947 bits per heavy atom. The molecule has 0 atom stereocenters. The summed E-state index contributed by atoms with van der Waals surface area (Å²) in [5.74, 6) is 1.07. The van der Waals surface area contributed by atoms with E-state index < -0.39 is 0 Å². The molecule has 0 saturated carbocycles. The highest BCUT2D eigenvalue weighted by Crippen LogP contribution is 2.41. The third-order valence-electron chi connectivity index (χ3n) is 3.12. The van der Waals surface area contributed by atoms with Gasteiger partial charge in [-0.15, -0.1) is 0 Å². The summed E-state index contributed by atoms with van der Waals surface area (Å²) in [7, 11) is 0. The van der Waals surface area contributed by atoms with Crippen molar-refractivity contribution in [2.24, 2.45) is 0 Å². The van der Waals surface area contributed by atoms with Crippen LogP contribution < -0.4 is 4.74 Å². The number of rotatable bonds is 3. The second-order valence-electron chi connectivity index (χ2n) is 7.18. The topological polar surface area (TPSA) is 9.23 Å². The van der Waals surface area contributed by atoms with Gasteiger partial charge in [-0.05, 0) is 29.4 Å². The molecule has 0 saturated heterocycles. The van der Waals surface area contributed by atoms with Crippen molar-refractivity contribution in [2.45, 2.75) is 65.7 Å². The predicted octanol–water partition coefficient (Wildman–Crippen LogP) is 5.83. The van der Waals surface area contributed by atoms with Gasteiger partial charge < -0.3 is 4.74 Å². The maximum absolute atomic E-state index is 6.10. The summed E-state index contributed by atoms with van der Waals surface area (Å²) in [6, 6.07) is 4.39. The molecule has 108 valence electrons. The minimum Gasteiger partial charge on any atom is -0.493 e. The van der Waals surface area contributed by atoms with Crippen LogP contribution in [0.2, 0.25) is 0 Å². The average molecular weight is 327 g/mol. The lowest BCUT2D eigenvalue weighted by Gasteiger charge is -2.30. The highest BCUT2D eigenvalue weighted by Gasteiger charge is 2.27. The van der Waals surface area contributed by atoms with Crippen LogP contribution in [0.3, 0.4) is 0 Å². The first kappa shape index (κ1) is 16.6. The summed E-state index contributed by atoms with van der Waals surface area (Å²) in [4.78, 5) is 0. The van der Waals surface area contributed by atoms with Gasteiger partial charge in [0.15, 0.2) is 0 Å². The number of hydrogen-bond donors (Lipinski definition) is 0. The summed E-state index contributed by atoms with van der Waals surface area (Å²) in [5, 5.41) is 0. The van der Waals surface area contributed by atoms with E-state index in [4.69, 9.17) is 4.74 Å². The third kappa shape index (κ3) is 4.24. The van der Waals surface area contributed by atoms with Gasteiger partial charge in [-0.2, -0.15) is 0 Å². The monoisotopic (exact) mass is 326 g/mol. The summed E-state index contributed by atoms with van der Waals surface area (Å²) < 4.78 is 7.24. The van der Waals surface area contributed by atoms with Crippen LogP contribution in [-0.2, 0) is 10.8 Å². The molecule has 0 fully saturated rings. The van der Waals surface area contributed by atoms with E-state index in [1.54, 1.807) is 0 Å². The van der Waals surface area contributed by atoms with E-state index >= 15 is 0 Å². The maximum atomic E-state index is 6.10. The first-order valence-corrected chi connectivity index (χ1v) is 7.84. The van der Waals surface area contributed by atoms with Crippen LogP contribution in [0.1, 0.15) is 66.0 Å². The molecule has 0 spiro atoms. The predicted molar refractivity (Wildman–Crippen MR) is 87.3 cm³/mol. The van der Waals surface area contributed by atoms with Crippen LogP contribution in [-0.4, -0.2) is 6.61 Å². The Bertz CT molecular complexity index is 401. The van der Waals surface area contributed by atoms with E-state index in [1.807, 2.05) is 0 Å². The first-order valence-electron chi connectivity index (χ1n) is 7.04. The lowest BCUT2D eigenvalue weighted by atomic mass is 9.79. The standard InChI is InChI=1S/C17H27BrO/c1-8-9-19-15-13(16(2,3)4)10-12(18)11-14(15)17(5,6)7/h10-11H,8-9H2,1-7H3. The molecular formula is C17H27BrO. The molecule has 1 aromatic rings. The van der Waals surface area contributed by atoms with Crippen molar-refractivity contribution in [1.82, 2.24) is 0 Å². The van der Waals surface area contributed by atoms with Gasteiger partial charge in [0.05, 0.1) is 6.61 Å². The van der Waals surface area contributed by atoms with Gasteiger partial charge in [0.1, 0.15) is 5.75 Å². The quantitative estimate of drug-likeness (QED) is 0.678. The van der Waals surface area contributed by atoms with Gasteiger partial charge in [-0.1, -0.05) is 64.4 Å². The van der Waals surface area contributed by atoms with Crippen LogP contribution in [0.15, 0.2) is 16.6 Å². The SMILES string of the molecule is CCCOc1c(C(C)(C)C)cc(Br)cc1C(C)(C)C. The Morgan fingerprint density at radius 2 is 1.37 bits per heavy atom. The van der Waals surface area contributed by atoms with Crippen molar-refractivity contribution in [3.63, 3.8) is 0 Å². The second kappa shape index (κ2) is 5.87. The van der Waals surface area contributed by atoms with Crippen molar-refractivity contribution in [3.8, 4) is 5.75 Å². The molecule has 0 heterocycles. The Balaban J connectivity index is 3.49. The summed E-state index contributed by atoms with van der Waals surface area (Å²) >= 11 is 3.64. The Morgan fingerprint density at radius 3 is 1.68 bits per heavy atom. The van der Waals surface area contributed by atoms with Crippen LogP contribution >= 0.6 is 15.9 Å². The van der Waals surface area contributed by atoms with Crippen molar-refractivity contribution in [2.75, 3.05) is 6.61 Å². The fourth-order valence-corrected chi connectivity index (χ4v) is 2.53. The van der Waals surface area contributed by atoms with Gasteiger partial charge in [0, 0.05) is 15.6 Å². The molecular weight excluding hydrogens is 300 g/mol. The van der Waals surface area contributed by atoms with Gasteiger partial charge in [-0.25, -0.2) is 0 Å². The molecule has 0 aliphatic carbocycles. The van der Waals surface area contributed by atoms with E-state index in [0.29, 0.717) is 0 Å². The highest BCUT2D eigenvalue weighted by atomic mass is 79.9. The zero-order chi connectivity index (χ0) is 14.8. The normalized spacial score (nSPS) is 12.6. The molecule has 19 heavy (non-hydrogen) atoms. The van der Waals surface area contributed by atoms with Crippen LogP contribution in [0.25, 0.3) is 0 Å². The van der Waals surface area contributed by atoms with Gasteiger partial charge in [-0.3, -0.25) is 0 Å². The molecule has 0 aromatic heterocycles. The van der Waals surface area contributed by atoms with Crippen molar-refractivity contribution in [1.29, 1.82) is 0 Å². The van der Waals surface area contributed by atoms with Crippen molar-refractivity contribution in [3.05, 3.63) is 27.7 Å². The molecule has 2 heteroatoms. The molecule has 1 rings (SSSR count). The molecule has 0 aliphatic rings. The molecule has 0 unspecified atom stereocenters. The Labute approximate surface area is 126 Å². The van der Waals surface area contributed by atoms with E-state index in [-0.39, 0.29) is 10.8 Å². The highest BCUT2D eigenvalue weighted by molar-refractivity contribution is 9.10. The zero-order valence-electron chi connectivity index (χ0n) is 13.4. The molecule has 0 N–H and O–H groups in total. The van der Waals surface area contributed by atoms with Gasteiger partial charge in [0.25, 0.3) is 0 Å². The molecule has 0 aliphatic heterocycles. The average Bonchev–Trinajstić information content (AvgIpc) is 2.23. The fourth-order valence-electron chi connectivity index (χ4n) is 2.07. The molecule has 0 bridgehead atoms. The maximum Gasteiger partial charge on any atom is 0.126 e. The van der Waals surface area contributed by atoms with Gasteiger partial charge >= 0.3 is 0 Å². The number of benzene rings is 1. The number of hydrogen-bond acceptors (Lipinski definition) is 1. The van der Waals surface area contributed by atoms with Crippen LogP contribution in [0.5, 0.6) is 5.75 Å². The fraction of sp³-hybridized carbons (Fsp3) is 0.647.